The first kappa shape index (κ1) is 34.5. The van der Waals surface area contributed by atoms with Crippen molar-refractivity contribution < 1.29 is 4.42 Å². The minimum Gasteiger partial charge on any atom is -0.455 e. The molecule has 0 aliphatic rings. The van der Waals surface area contributed by atoms with Crippen molar-refractivity contribution in [3.63, 3.8) is 0 Å². The van der Waals surface area contributed by atoms with E-state index in [1.165, 1.54) is 32.3 Å². The molecular weight excluding hydrogens is 757 g/mol. The smallest absolute Gasteiger partial charge is 0.238 e. The second-order valence-corrected chi connectivity index (χ2v) is 15.9. The molecule has 0 aliphatic heterocycles. The zero-order valence-corrected chi connectivity index (χ0v) is 33.3. The van der Waals surface area contributed by atoms with E-state index in [0.29, 0.717) is 17.6 Å². The Balaban J connectivity index is 1.11. The lowest BCUT2D eigenvalue weighted by molar-refractivity contribution is 0.673. The fourth-order valence-electron chi connectivity index (χ4n) is 9.61. The average Bonchev–Trinajstić information content (AvgIpc) is 3.90. The van der Waals surface area contributed by atoms with Crippen molar-refractivity contribution in [3.8, 4) is 51.0 Å². The van der Waals surface area contributed by atoms with Crippen LogP contribution in [-0.4, -0.2) is 19.5 Å². The number of furan rings is 1. The van der Waals surface area contributed by atoms with E-state index in [0.717, 1.165) is 77.1 Å². The van der Waals surface area contributed by atoms with Crippen molar-refractivity contribution in [2.45, 2.75) is 0 Å². The van der Waals surface area contributed by atoms with Gasteiger partial charge in [-0.2, -0.15) is 9.97 Å². The third-order valence-corrected chi connectivity index (χ3v) is 12.4. The molecule has 10 aromatic carbocycles. The standard InChI is InChI=1S/C57H34N4O/c1-3-16-35(17-4-1)55-58-56(36-18-5-2-6-19-36)60-57(59-55)61-50-28-13-11-27-46(50)52-53(61)47(34-49-45-26-12-14-29-51(45)62-54(49)52)39-21-15-20-37(32-39)38-30-31-44-42-24-8-7-22-40(42)41-23-9-10-25-43(41)48(44)33-38/h1-34H. The average molecular weight is 791 g/mol. The van der Waals surface area contributed by atoms with Gasteiger partial charge in [-0.05, 0) is 79.3 Å². The van der Waals surface area contributed by atoms with Crippen LogP contribution >= 0.6 is 0 Å². The van der Waals surface area contributed by atoms with Crippen molar-refractivity contribution in [1.29, 1.82) is 0 Å². The van der Waals surface area contributed by atoms with Gasteiger partial charge in [0.2, 0.25) is 5.95 Å². The summed E-state index contributed by atoms with van der Waals surface area (Å²) in [6, 6.07) is 72.8. The fourth-order valence-corrected chi connectivity index (χ4v) is 9.61. The van der Waals surface area contributed by atoms with Gasteiger partial charge in [0.1, 0.15) is 11.2 Å². The summed E-state index contributed by atoms with van der Waals surface area (Å²) in [6.45, 7) is 0. The van der Waals surface area contributed by atoms with Crippen molar-refractivity contribution in [1.82, 2.24) is 19.5 Å². The number of rotatable bonds is 5. The van der Waals surface area contributed by atoms with Crippen LogP contribution in [0.5, 0.6) is 0 Å². The summed E-state index contributed by atoms with van der Waals surface area (Å²) in [5.41, 5.74) is 9.88. The first-order valence-electron chi connectivity index (χ1n) is 20.9. The Hall–Kier alpha value is -8.41. The molecule has 0 N–H and O–H groups in total. The Bertz CT molecular complexity index is 3830. The lowest BCUT2D eigenvalue weighted by Crippen LogP contribution is -2.07. The molecule has 62 heavy (non-hydrogen) atoms. The normalized spacial score (nSPS) is 11.9. The largest absolute Gasteiger partial charge is 0.455 e. The zero-order valence-electron chi connectivity index (χ0n) is 33.3. The predicted octanol–water partition coefficient (Wildman–Crippen LogP) is 15.0. The monoisotopic (exact) mass is 790 g/mol. The highest BCUT2D eigenvalue weighted by atomic mass is 16.3. The van der Waals surface area contributed by atoms with E-state index >= 15 is 0 Å². The van der Waals surface area contributed by atoms with Crippen molar-refractivity contribution >= 4 is 76.1 Å². The number of benzene rings is 10. The Labute approximate surface area is 355 Å². The maximum Gasteiger partial charge on any atom is 0.238 e. The summed E-state index contributed by atoms with van der Waals surface area (Å²) >= 11 is 0. The molecule has 13 aromatic rings. The van der Waals surface area contributed by atoms with Gasteiger partial charge in [-0.15, -0.1) is 0 Å². The molecule has 288 valence electrons. The van der Waals surface area contributed by atoms with Gasteiger partial charge in [0.15, 0.2) is 11.6 Å². The molecule has 0 aliphatic carbocycles. The van der Waals surface area contributed by atoms with Gasteiger partial charge in [0, 0.05) is 32.8 Å². The van der Waals surface area contributed by atoms with Crippen LogP contribution in [0.15, 0.2) is 211 Å². The van der Waals surface area contributed by atoms with E-state index < -0.39 is 0 Å². The summed E-state index contributed by atoms with van der Waals surface area (Å²) in [7, 11) is 0. The van der Waals surface area contributed by atoms with E-state index in [2.05, 4.69) is 144 Å². The van der Waals surface area contributed by atoms with Crippen LogP contribution in [0.1, 0.15) is 0 Å². The highest BCUT2D eigenvalue weighted by Crippen LogP contribution is 2.46. The minimum absolute atomic E-state index is 0.533. The summed E-state index contributed by atoms with van der Waals surface area (Å²) in [5, 5.41) is 11.8. The Morgan fingerprint density at radius 2 is 0.855 bits per heavy atom. The van der Waals surface area contributed by atoms with E-state index in [1.54, 1.807) is 0 Å². The third kappa shape index (κ3) is 5.25. The number of hydrogen-bond acceptors (Lipinski definition) is 4. The van der Waals surface area contributed by atoms with Gasteiger partial charge in [0.25, 0.3) is 0 Å². The van der Waals surface area contributed by atoms with Gasteiger partial charge < -0.3 is 4.42 Å². The van der Waals surface area contributed by atoms with Crippen molar-refractivity contribution in [3.05, 3.63) is 206 Å². The van der Waals surface area contributed by atoms with Gasteiger partial charge in [0.05, 0.1) is 16.4 Å². The number of aromatic nitrogens is 4. The van der Waals surface area contributed by atoms with Crippen LogP contribution in [0.25, 0.3) is 127 Å². The molecule has 0 atom stereocenters. The molecule has 0 amide bonds. The lowest BCUT2D eigenvalue weighted by atomic mass is 9.91. The molecule has 0 spiro atoms. The molecule has 3 aromatic heterocycles. The summed E-state index contributed by atoms with van der Waals surface area (Å²) < 4.78 is 9.05. The number of hydrogen-bond donors (Lipinski definition) is 0. The van der Waals surface area contributed by atoms with E-state index in [-0.39, 0.29) is 0 Å². The maximum absolute atomic E-state index is 6.83. The molecule has 13 rings (SSSR count). The quantitative estimate of drug-likeness (QED) is 0.163. The van der Waals surface area contributed by atoms with Gasteiger partial charge >= 0.3 is 0 Å². The van der Waals surface area contributed by atoms with Crippen LogP contribution in [0, 0.1) is 0 Å². The zero-order chi connectivity index (χ0) is 40.7. The highest BCUT2D eigenvalue weighted by molar-refractivity contribution is 6.28. The molecule has 5 nitrogen and oxygen atoms in total. The summed E-state index contributed by atoms with van der Waals surface area (Å²) in [5.74, 6) is 1.74. The minimum atomic E-state index is 0.533. The van der Waals surface area contributed by atoms with E-state index in [9.17, 15) is 0 Å². The fraction of sp³-hybridized carbons (Fsp3) is 0. The number of para-hydroxylation sites is 2. The van der Waals surface area contributed by atoms with Gasteiger partial charge in [-0.1, -0.05) is 176 Å². The van der Waals surface area contributed by atoms with E-state index in [1.807, 2.05) is 66.7 Å². The van der Waals surface area contributed by atoms with Crippen LogP contribution in [0.2, 0.25) is 0 Å². The molecule has 5 heteroatoms. The SMILES string of the molecule is c1ccc(-c2nc(-c3ccccc3)nc(-n3c4ccccc4c4c5oc6ccccc6c5cc(-c5cccc(-c6ccc7c8ccccc8c8ccccc8c7c6)c5)c43)n2)cc1. The van der Waals surface area contributed by atoms with Crippen LogP contribution < -0.4 is 0 Å². The van der Waals surface area contributed by atoms with Crippen molar-refractivity contribution in [2.24, 2.45) is 0 Å². The summed E-state index contributed by atoms with van der Waals surface area (Å²) in [6.07, 6.45) is 0. The molecule has 0 saturated carbocycles. The number of fused-ring (bicyclic) bond motifs is 13. The molecule has 0 fully saturated rings. The molecule has 0 bridgehead atoms. The lowest BCUT2D eigenvalue weighted by Gasteiger charge is -2.14. The second-order valence-electron chi connectivity index (χ2n) is 15.9. The Morgan fingerprint density at radius 1 is 0.339 bits per heavy atom. The third-order valence-electron chi connectivity index (χ3n) is 12.4. The van der Waals surface area contributed by atoms with Crippen molar-refractivity contribution in [2.75, 3.05) is 0 Å². The predicted molar refractivity (Wildman–Crippen MR) is 256 cm³/mol. The van der Waals surface area contributed by atoms with E-state index in [4.69, 9.17) is 19.4 Å². The summed E-state index contributed by atoms with van der Waals surface area (Å²) in [4.78, 5) is 15.6. The van der Waals surface area contributed by atoms with Crippen LogP contribution in [0.4, 0.5) is 0 Å². The molecule has 3 heterocycles. The van der Waals surface area contributed by atoms with Crippen LogP contribution in [-0.2, 0) is 0 Å². The molecule has 0 radical (unpaired) electrons. The first-order valence-corrected chi connectivity index (χ1v) is 20.9. The Morgan fingerprint density at radius 3 is 1.53 bits per heavy atom. The highest BCUT2D eigenvalue weighted by Gasteiger charge is 2.25. The molecule has 0 saturated heterocycles. The van der Waals surface area contributed by atoms with Crippen LogP contribution in [0.3, 0.4) is 0 Å². The maximum atomic E-state index is 6.83. The second kappa shape index (κ2) is 13.6. The van der Waals surface area contributed by atoms with Gasteiger partial charge in [-0.25, -0.2) is 4.98 Å². The topological polar surface area (TPSA) is 56.7 Å². The molecule has 0 unspecified atom stereocenters. The Kier molecular flexibility index (Phi) is 7.54. The molecular formula is C57H34N4O. The first-order chi connectivity index (χ1) is 30.7. The van der Waals surface area contributed by atoms with Gasteiger partial charge in [-0.3, -0.25) is 4.57 Å². The number of nitrogens with zero attached hydrogens (tertiary/aromatic N) is 4.